The van der Waals surface area contributed by atoms with Crippen LogP contribution in [0.2, 0.25) is 0 Å². The second kappa shape index (κ2) is 8.82. The normalized spacial score (nSPS) is 11.9. The van der Waals surface area contributed by atoms with Gasteiger partial charge in [0.1, 0.15) is 5.75 Å². The van der Waals surface area contributed by atoms with Crippen molar-refractivity contribution in [3.63, 3.8) is 0 Å². The quantitative estimate of drug-likeness (QED) is 0.473. The summed E-state index contributed by atoms with van der Waals surface area (Å²) in [5.74, 6) is -0.589. The molecule has 137 valence electrons. The summed E-state index contributed by atoms with van der Waals surface area (Å²) in [6, 6.07) is 22.0. The molecule has 0 aliphatic carbocycles. The smallest absolute Gasteiger partial charge is 0.310 e. The third kappa shape index (κ3) is 4.09. The predicted molar refractivity (Wildman–Crippen MR) is 113 cm³/mol. The molecule has 0 fully saturated rings. The number of carboxylic acids is 1. The first-order valence-electron chi connectivity index (χ1n) is 9.07. The van der Waals surface area contributed by atoms with E-state index in [4.69, 9.17) is 9.84 Å². The van der Waals surface area contributed by atoms with Crippen molar-refractivity contribution in [2.45, 2.75) is 19.3 Å². The molecule has 4 aromatic rings. The van der Waals surface area contributed by atoms with Gasteiger partial charge in [-0.05, 0) is 36.2 Å². The fraction of sp³-hybridized carbons (Fsp3) is 0.174. The molecule has 0 spiro atoms. The van der Waals surface area contributed by atoms with E-state index in [1.165, 1.54) is 16.3 Å². The van der Waals surface area contributed by atoms with Crippen LogP contribution in [0.25, 0.3) is 21.8 Å². The molecular weight excluding hydrogens is 361 g/mol. The summed E-state index contributed by atoms with van der Waals surface area (Å²) >= 11 is 0. The Balaban J connectivity index is 0.00000225. The van der Waals surface area contributed by atoms with Crippen molar-refractivity contribution in [3.8, 4) is 5.75 Å². The summed E-state index contributed by atoms with van der Waals surface area (Å²) < 4.78 is 5.87. The van der Waals surface area contributed by atoms with E-state index in [0.717, 1.165) is 28.8 Å². The van der Waals surface area contributed by atoms with Gasteiger partial charge in [-0.1, -0.05) is 48.5 Å². The van der Waals surface area contributed by atoms with Crippen LogP contribution >= 0.6 is 0 Å². The number of carbonyl (C=O) groups is 1. The number of aliphatic carboxylic acids is 1. The molecule has 28 heavy (non-hydrogen) atoms. The van der Waals surface area contributed by atoms with Crippen LogP contribution in [0.5, 0.6) is 5.75 Å². The molecule has 0 saturated heterocycles. The van der Waals surface area contributed by atoms with Gasteiger partial charge in [0.15, 0.2) is 0 Å². The van der Waals surface area contributed by atoms with Gasteiger partial charge in [0, 0.05) is 57.8 Å². The van der Waals surface area contributed by atoms with Gasteiger partial charge >= 0.3 is 5.97 Å². The Morgan fingerprint density at radius 1 is 1.00 bits per heavy atom. The van der Waals surface area contributed by atoms with E-state index in [2.05, 4.69) is 41.4 Å². The van der Waals surface area contributed by atoms with Crippen LogP contribution in [0.15, 0.2) is 66.7 Å². The zero-order valence-corrected chi connectivity index (χ0v) is 18.1. The summed E-state index contributed by atoms with van der Waals surface area (Å²) in [5.41, 5.74) is 4.30. The maximum Gasteiger partial charge on any atom is 0.310 e. The number of rotatable bonds is 6. The van der Waals surface area contributed by atoms with Gasteiger partial charge in [-0.25, -0.2) is 0 Å². The summed E-state index contributed by atoms with van der Waals surface area (Å²) in [5, 5.41) is 11.5. The molecule has 0 aliphatic heterocycles. The molecule has 4 rings (SSSR count). The number of benzene rings is 3. The van der Waals surface area contributed by atoms with E-state index >= 15 is 0 Å². The molecule has 2 N–H and O–H groups in total. The SMILES string of the molecule is CC(C(=O)O)c1ccc(OCCc2cccc3c2[nH]c2ccccc23)cc1.[Na]. The molecule has 1 unspecified atom stereocenters. The maximum atomic E-state index is 11.1. The molecular formula is C23H21NNaO3. The summed E-state index contributed by atoms with van der Waals surface area (Å²) in [7, 11) is 0. The Kier molecular flexibility index (Phi) is 6.45. The number of hydrogen-bond acceptors (Lipinski definition) is 2. The van der Waals surface area contributed by atoms with Gasteiger partial charge in [0.05, 0.1) is 12.5 Å². The number of ether oxygens (including phenoxy) is 1. The zero-order chi connectivity index (χ0) is 18.8. The Bertz CT molecular complexity index is 1100. The minimum absolute atomic E-state index is 0. The van der Waals surface area contributed by atoms with Crippen LogP contribution in [0.4, 0.5) is 0 Å². The van der Waals surface area contributed by atoms with Gasteiger partial charge in [0.25, 0.3) is 0 Å². The number of fused-ring (bicyclic) bond motifs is 3. The first-order chi connectivity index (χ1) is 13.1. The number of para-hydroxylation sites is 2. The number of nitrogens with one attached hydrogen (secondary N) is 1. The number of carboxylic acid groups (broad SMARTS) is 1. The Morgan fingerprint density at radius 3 is 2.46 bits per heavy atom. The van der Waals surface area contributed by atoms with Crippen molar-refractivity contribution >= 4 is 57.3 Å². The second-order valence-electron chi connectivity index (χ2n) is 6.74. The standard InChI is InChI=1S/C23H21NO3.Na/c1-15(23(25)26)16-9-11-18(12-10-16)27-14-13-17-5-4-7-20-19-6-2-3-8-21(19)24-22(17)20;/h2-12,15,24H,13-14H2,1H3,(H,25,26);. The third-order valence-corrected chi connectivity index (χ3v) is 5.02. The molecule has 1 atom stereocenters. The molecule has 0 amide bonds. The molecule has 5 heteroatoms. The van der Waals surface area contributed by atoms with E-state index in [9.17, 15) is 4.79 Å². The number of H-pyrrole nitrogens is 1. The zero-order valence-electron chi connectivity index (χ0n) is 16.1. The summed E-state index contributed by atoms with van der Waals surface area (Å²) in [6.07, 6.45) is 0.789. The Labute approximate surface area is 185 Å². The molecule has 0 bridgehead atoms. The van der Waals surface area contributed by atoms with Crippen LogP contribution in [0, 0.1) is 0 Å². The van der Waals surface area contributed by atoms with Crippen molar-refractivity contribution in [1.82, 2.24) is 4.98 Å². The van der Waals surface area contributed by atoms with E-state index in [1.54, 1.807) is 6.92 Å². The van der Waals surface area contributed by atoms with E-state index in [1.807, 2.05) is 30.3 Å². The molecule has 0 aliphatic rings. The van der Waals surface area contributed by atoms with Gasteiger partial charge in [-0.3, -0.25) is 4.79 Å². The molecule has 0 saturated carbocycles. The van der Waals surface area contributed by atoms with E-state index in [-0.39, 0.29) is 29.6 Å². The van der Waals surface area contributed by atoms with Crippen LogP contribution in [-0.4, -0.2) is 52.2 Å². The van der Waals surface area contributed by atoms with Crippen LogP contribution in [0.3, 0.4) is 0 Å². The first kappa shape index (κ1) is 20.5. The molecule has 1 aromatic heterocycles. The molecule has 4 nitrogen and oxygen atoms in total. The number of hydrogen-bond donors (Lipinski definition) is 2. The fourth-order valence-corrected chi connectivity index (χ4v) is 3.42. The van der Waals surface area contributed by atoms with Crippen LogP contribution in [0.1, 0.15) is 24.0 Å². The van der Waals surface area contributed by atoms with Crippen molar-refractivity contribution in [2.24, 2.45) is 0 Å². The van der Waals surface area contributed by atoms with E-state index in [0.29, 0.717) is 6.61 Å². The van der Waals surface area contributed by atoms with Crippen molar-refractivity contribution in [3.05, 3.63) is 77.9 Å². The molecule has 1 radical (unpaired) electrons. The van der Waals surface area contributed by atoms with Crippen molar-refractivity contribution in [1.29, 1.82) is 0 Å². The third-order valence-electron chi connectivity index (χ3n) is 5.02. The Hall–Kier alpha value is -2.27. The number of aromatic nitrogens is 1. The second-order valence-corrected chi connectivity index (χ2v) is 6.74. The first-order valence-corrected chi connectivity index (χ1v) is 9.07. The largest absolute Gasteiger partial charge is 0.493 e. The Morgan fingerprint density at radius 2 is 1.71 bits per heavy atom. The topological polar surface area (TPSA) is 62.3 Å². The van der Waals surface area contributed by atoms with Gasteiger partial charge < -0.3 is 14.8 Å². The monoisotopic (exact) mass is 382 g/mol. The minimum Gasteiger partial charge on any atom is -0.493 e. The van der Waals surface area contributed by atoms with Crippen LogP contribution < -0.4 is 4.74 Å². The average molecular weight is 382 g/mol. The fourth-order valence-electron chi connectivity index (χ4n) is 3.42. The van der Waals surface area contributed by atoms with E-state index < -0.39 is 11.9 Å². The minimum atomic E-state index is -0.824. The summed E-state index contributed by atoms with van der Waals surface area (Å²) in [4.78, 5) is 14.6. The number of aromatic amines is 1. The molecule has 1 heterocycles. The van der Waals surface area contributed by atoms with Crippen molar-refractivity contribution < 1.29 is 14.6 Å². The van der Waals surface area contributed by atoms with Crippen molar-refractivity contribution in [2.75, 3.05) is 6.61 Å². The predicted octanol–water partition coefficient (Wildman–Crippen LogP) is 4.75. The average Bonchev–Trinajstić information content (AvgIpc) is 3.07. The maximum absolute atomic E-state index is 11.1. The van der Waals surface area contributed by atoms with Crippen LogP contribution in [-0.2, 0) is 11.2 Å². The van der Waals surface area contributed by atoms with Gasteiger partial charge in [-0.15, -0.1) is 0 Å². The van der Waals surface area contributed by atoms with Gasteiger partial charge in [0.2, 0.25) is 0 Å². The van der Waals surface area contributed by atoms with Gasteiger partial charge in [-0.2, -0.15) is 0 Å². The molecule has 3 aromatic carbocycles. The summed E-state index contributed by atoms with van der Waals surface area (Å²) in [6.45, 7) is 2.24.